The van der Waals surface area contributed by atoms with Gasteiger partial charge in [0.05, 0.1) is 24.4 Å². The number of hydrogen-bond acceptors (Lipinski definition) is 12. The number of carbonyl (C=O) groups is 1. The zero-order chi connectivity index (χ0) is 71.5. The van der Waals surface area contributed by atoms with E-state index < -0.39 is 12.2 Å². The number of ether oxygens (including phenoxy) is 1. The summed E-state index contributed by atoms with van der Waals surface area (Å²) in [5.74, 6) is 1.97. The van der Waals surface area contributed by atoms with Gasteiger partial charge in [0.25, 0.3) is 0 Å². The van der Waals surface area contributed by atoms with E-state index in [4.69, 9.17) is 4.74 Å². The molecule has 4 N–H and O–H groups in total. The number of aliphatic hydroxyl groups excluding tert-OH is 4. The molecule has 1 rings (SSSR count). The van der Waals surface area contributed by atoms with E-state index in [-0.39, 0.29) is 18.2 Å². The van der Waals surface area contributed by atoms with Crippen LogP contribution < -0.4 is 0 Å². The number of allylic oxidation sites excluding steroid dienone is 24. The molecule has 1 fully saturated rings. The molecular formula is C87H152N4O6S2. The predicted octanol–water partition coefficient (Wildman–Crippen LogP) is 21.5. The average Bonchev–Trinajstić information content (AvgIpc) is 1.94. The molecule has 10 nitrogen and oxygen atoms in total. The number of carbonyl (C=O) groups excluding carboxylic acids is 1. The van der Waals surface area contributed by atoms with E-state index in [1.165, 1.54) is 38.5 Å². The summed E-state index contributed by atoms with van der Waals surface area (Å²) in [7, 11) is 3.92. The second kappa shape index (κ2) is 75.9. The standard InChI is InChI=1S/C87H152N4O6S2/c1-5-9-13-17-21-25-29-33-37-41-45-49-53-57-63-83(92)79-90(80-84(93)64-58-54-50-46-42-38-34-30-26-22-18-14-10-6-2)68-61-67-87(96)97-76-74-88-70-72-89(73-71-88)75-78-99-98-77-62-69-91(81-85(94)65-59-55-51-47-43-39-35-31-27-23-19-15-11-7-3)82-86(95)66-60-56-52-48-44-40-36-32-28-24-20-16-12-8-4/h9-16,21-28,33-40,83-86,92-95H,5-8,17-20,29-32,41-82H2,1-4H3/b13-9-,14-10-,15-11-,16-12-,25-21-,26-22-,27-23-,28-24-,37-33-,38-34-,39-35-,40-36-/t83-,84-,85+,86+/m1/s1. The Labute approximate surface area is 618 Å². The Kier molecular flexibility index (Phi) is 71.8. The minimum atomic E-state index is -0.454. The molecule has 1 aliphatic rings. The van der Waals surface area contributed by atoms with Crippen LogP contribution in [-0.2, 0) is 9.53 Å². The summed E-state index contributed by atoms with van der Waals surface area (Å²) in [6.45, 7) is 18.7. The maximum absolute atomic E-state index is 13.0. The largest absolute Gasteiger partial charge is 0.464 e. The van der Waals surface area contributed by atoms with Gasteiger partial charge in [-0.15, -0.1) is 0 Å². The van der Waals surface area contributed by atoms with Gasteiger partial charge in [-0.3, -0.25) is 24.4 Å². The highest BCUT2D eigenvalue weighted by Crippen LogP contribution is 2.23. The Hall–Kier alpha value is -3.27. The first-order chi connectivity index (χ1) is 48.7. The van der Waals surface area contributed by atoms with Crippen LogP contribution in [0.4, 0.5) is 0 Å². The molecule has 0 spiro atoms. The zero-order valence-electron chi connectivity index (χ0n) is 64.1. The molecule has 4 atom stereocenters. The third-order valence-electron chi connectivity index (χ3n) is 17.9. The summed E-state index contributed by atoms with van der Waals surface area (Å²) in [4.78, 5) is 22.5. The molecule has 1 aliphatic heterocycles. The van der Waals surface area contributed by atoms with E-state index >= 15 is 0 Å². The number of unbranched alkanes of at least 4 members (excludes halogenated alkanes) is 16. The summed E-state index contributed by atoms with van der Waals surface area (Å²) in [5, 5.41) is 44.8. The molecule has 0 aromatic heterocycles. The van der Waals surface area contributed by atoms with Crippen molar-refractivity contribution in [3.05, 3.63) is 146 Å². The Morgan fingerprint density at radius 3 is 0.939 bits per heavy atom. The van der Waals surface area contributed by atoms with Crippen molar-refractivity contribution < 1.29 is 30.0 Å². The Balaban J connectivity index is 2.51. The Morgan fingerprint density at radius 2 is 0.616 bits per heavy atom. The van der Waals surface area contributed by atoms with Crippen molar-refractivity contribution in [1.29, 1.82) is 0 Å². The summed E-state index contributed by atoms with van der Waals surface area (Å²) in [6.07, 6.45) is 92.5. The molecule has 0 radical (unpaired) electrons. The average molecular weight is 1410 g/mol. The molecule has 0 aromatic carbocycles. The minimum Gasteiger partial charge on any atom is -0.464 e. The number of nitrogens with zero attached hydrogens (tertiary/aromatic N) is 4. The molecule has 0 aromatic rings. The van der Waals surface area contributed by atoms with Crippen LogP contribution in [0.25, 0.3) is 0 Å². The minimum absolute atomic E-state index is 0.165. The Morgan fingerprint density at radius 1 is 0.343 bits per heavy atom. The van der Waals surface area contributed by atoms with Crippen LogP contribution in [0.1, 0.15) is 278 Å². The monoisotopic (exact) mass is 1410 g/mol. The summed E-state index contributed by atoms with van der Waals surface area (Å²) in [5.41, 5.74) is 0. The molecular weight excluding hydrogens is 1260 g/mol. The molecule has 0 unspecified atom stereocenters. The van der Waals surface area contributed by atoms with Crippen LogP contribution >= 0.6 is 21.6 Å². The molecule has 0 saturated carbocycles. The number of hydrogen-bond donors (Lipinski definition) is 4. The van der Waals surface area contributed by atoms with Crippen molar-refractivity contribution in [2.24, 2.45) is 0 Å². The molecule has 568 valence electrons. The van der Waals surface area contributed by atoms with Crippen molar-refractivity contribution >= 4 is 27.6 Å². The number of aliphatic hydroxyl groups is 4. The smallest absolute Gasteiger partial charge is 0.305 e. The second-order valence-corrected chi connectivity index (χ2v) is 30.0. The quantitative estimate of drug-likeness (QED) is 0.0201. The second-order valence-electron chi connectivity index (χ2n) is 27.3. The van der Waals surface area contributed by atoms with E-state index in [0.29, 0.717) is 52.2 Å². The van der Waals surface area contributed by atoms with Gasteiger partial charge in [0.15, 0.2) is 0 Å². The highest BCUT2D eigenvalue weighted by atomic mass is 33.1. The van der Waals surface area contributed by atoms with E-state index in [1.807, 2.05) is 21.6 Å². The van der Waals surface area contributed by atoms with Crippen molar-refractivity contribution in [2.75, 3.05) is 96.6 Å². The normalized spacial score (nSPS) is 15.5. The van der Waals surface area contributed by atoms with Gasteiger partial charge in [-0.25, -0.2) is 0 Å². The predicted molar refractivity (Wildman–Crippen MR) is 438 cm³/mol. The first-order valence-electron chi connectivity index (χ1n) is 40.5. The molecule has 0 bridgehead atoms. The maximum atomic E-state index is 13.0. The molecule has 12 heteroatoms. The molecule has 0 amide bonds. The lowest BCUT2D eigenvalue weighted by Gasteiger charge is -2.34. The fourth-order valence-electron chi connectivity index (χ4n) is 12.0. The Bertz CT molecular complexity index is 2010. The van der Waals surface area contributed by atoms with Crippen molar-refractivity contribution in [2.45, 2.75) is 303 Å². The fourth-order valence-corrected chi connectivity index (χ4v) is 14.1. The van der Waals surface area contributed by atoms with Gasteiger partial charge < -0.3 is 25.2 Å². The van der Waals surface area contributed by atoms with E-state index in [0.717, 1.165) is 256 Å². The highest BCUT2D eigenvalue weighted by molar-refractivity contribution is 8.76. The molecule has 0 aliphatic carbocycles. The van der Waals surface area contributed by atoms with Crippen LogP contribution in [0, 0.1) is 0 Å². The van der Waals surface area contributed by atoms with Gasteiger partial charge in [-0.1, -0.05) is 272 Å². The van der Waals surface area contributed by atoms with Gasteiger partial charge in [-0.2, -0.15) is 0 Å². The lowest BCUT2D eigenvalue weighted by molar-refractivity contribution is -0.144. The lowest BCUT2D eigenvalue weighted by atomic mass is 10.1. The van der Waals surface area contributed by atoms with E-state index in [9.17, 15) is 25.2 Å². The number of rotatable bonds is 71. The third kappa shape index (κ3) is 68.9. The maximum Gasteiger partial charge on any atom is 0.305 e. The van der Waals surface area contributed by atoms with Gasteiger partial charge in [0.2, 0.25) is 0 Å². The third-order valence-corrected chi connectivity index (χ3v) is 20.4. The first-order valence-corrected chi connectivity index (χ1v) is 43.0. The van der Waals surface area contributed by atoms with Crippen LogP contribution in [0.15, 0.2) is 146 Å². The van der Waals surface area contributed by atoms with Crippen LogP contribution in [-0.4, -0.2) is 167 Å². The highest BCUT2D eigenvalue weighted by Gasteiger charge is 2.20. The fraction of sp³-hybridized carbons (Fsp3) is 0.713. The molecule has 1 heterocycles. The number of piperazine rings is 1. The van der Waals surface area contributed by atoms with E-state index in [1.54, 1.807) is 0 Å². The van der Waals surface area contributed by atoms with Gasteiger partial charge >= 0.3 is 5.97 Å². The topological polar surface area (TPSA) is 120 Å². The SMILES string of the molecule is CC/C=C\C/C=C\C/C=C\CCCCCC[C@@H](O)CN(CCCC(=O)OCCN1CCN(CCSSCCCN(C[C@@H](O)CCCCCC/C=C\C/C=C\C/C=C\CC)C[C@@H](O)CCCCCC/C=C\C/C=C\C/C=C\CC)CC1)C[C@H](O)CCCCCC/C=C\C/C=C\C/C=C\CC. The van der Waals surface area contributed by atoms with Gasteiger partial charge in [0.1, 0.15) is 6.61 Å². The summed E-state index contributed by atoms with van der Waals surface area (Å²) in [6, 6.07) is 0. The van der Waals surface area contributed by atoms with Crippen molar-refractivity contribution in [1.82, 2.24) is 19.6 Å². The summed E-state index contributed by atoms with van der Waals surface area (Å²) < 4.78 is 5.77. The van der Waals surface area contributed by atoms with Crippen LogP contribution in [0.2, 0.25) is 0 Å². The molecule has 1 saturated heterocycles. The number of esters is 1. The lowest BCUT2D eigenvalue weighted by Crippen LogP contribution is -2.47. The summed E-state index contributed by atoms with van der Waals surface area (Å²) >= 11 is 0. The van der Waals surface area contributed by atoms with Crippen LogP contribution in [0.3, 0.4) is 0 Å². The first kappa shape index (κ1) is 93.7. The van der Waals surface area contributed by atoms with Gasteiger partial charge in [0, 0.05) is 83.4 Å². The van der Waals surface area contributed by atoms with E-state index in [2.05, 4.69) is 193 Å². The molecule has 99 heavy (non-hydrogen) atoms. The van der Waals surface area contributed by atoms with Crippen LogP contribution in [0.5, 0.6) is 0 Å². The van der Waals surface area contributed by atoms with Crippen molar-refractivity contribution in [3.63, 3.8) is 0 Å². The van der Waals surface area contributed by atoms with Gasteiger partial charge in [-0.05, 0) is 180 Å². The van der Waals surface area contributed by atoms with Crippen molar-refractivity contribution in [3.8, 4) is 0 Å². The zero-order valence-corrected chi connectivity index (χ0v) is 65.7.